The number of rotatable bonds is 9. The lowest BCUT2D eigenvalue weighted by atomic mass is 10.0. The molecular weight excluding hydrogens is 372 g/mol. The van der Waals surface area contributed by atoms with Crippen LogP contribution in [0.5, 0.6) is 11.5 Å². The number of likely N-dealkylation sites (tertiary alicyclic amines) is 1. The molecule has 1 saturated heterocycles. The Balaban J connectivity index is 1.53. The van der Waals surface area contributed by atoms with Crippen molar-refractivity contribution in [3.05, 3.63) is 23.8 Å². The number of hydrogen-bond donors (Lipinski definition) is 2. The predicted octanol–water partition coefficient (Wildman–Crippen LogP) is 2.22. The van der Waals surface area contributed by atoms with E-state index in [-0.39, 0.29) is 25.2 Å². The summed E-state index contributed by atoms with van der Waals surface area (Å²) in [6, 6.07) is 5.97. The maximum Gasteiger partial charge on any atom is 0.251 e. The zero-order valence-corrected chi connectivity index (χ0v) is 17.6. The number of amides is 1. The van der Waals surface area contributed by atoms with E-state index in [1.807, 2.05) is 0 Å². The van der Waals surface area contributed by atoms with Crippen molar-refractivity contribution in [2.45, 2.75) is 56.8 Å². The van der Waals surface area contributed by atoms with E-state index in [0.717, 1.165) is 32.0 Å². The van der Waals surface area contributed by atoms with E-state index in [1.54, 1.807) is 25.3 Å². The summed E-state index contributed by atoms with van der Waals surface area (Å²) < 4.78 is 16.5. The molecule has 0 bridgehead atoms. The van der Waals surface area contributed by atoms with Gasteiger partial charge in [-0.05, 0) is 43.9 Å². The number of aliphatic hydroxyl groups excluding tert-OH is 1. The Morgan fingerprint density at radius 3 is 2.55 bits per heavy atom. The molecule has 1 saturated carbocycles. The molecule has 1 aromatic carbocycles. The standard InChI is InChI=1S/C22H34N2O5/c1-27-15-18(25)14-23-22(26)16-7-8-20(21(13-16)28-2)29-19-9-11-24(12-10-19)17-5-3-4-6-17/h7-8,13,17-19,25H,3-6,9-12,14-15H2,1-2H3,(H,23,26). The second-order valence-corrected chi connectivity index (χ2v) is 7.98. The number of nitrogens with one attached hydrogen (secondary N) is 1. The Labute approximate surface area is 173 Å². The van der Waals surface area contributed by atoms with Gasteiger partial charge in [0.2, 0.25) is 0 Å². The lowest BCUT2D eigenvalue weighted by molar-refractivity contribution is 0.0609. The molecule has 2 aliphatic rings. The second-order valence-electron chi connectivity index (χ2n) is 7.98. The summed E-state index contributed by atoms with van der Waals surface area (Å²) in [4.78, 5) is 14.9. The normalized spacial score (nSPS) is 19.8. The van der Waals surface area contributed by atoms with Gasteiger partial charge in [-0.1, -0.05) is 12.8 Å². The molecule has 2 N–H and O–H groups in total. The van der Waals surface area contributed by atoms with E-state index >= 15 is 0 Å². The molecule has 1 unspecified atom stereocenters. The molecule has 7 nitrogen and oxygen atoms in total. The molecule has 1 amide bonds. The number of nitrogens with zero attached hydrogens (tertiary/aromatic N) is 1. The molecule has 0 spiro atoms. The van der Waals surface area contributed by atoms with Gasteiger partial charge in [0, 0.05) is 38.3 Å². The third kappa shape index (κ3) is 6.07. The molecular formula is C22H34N2O5. The molecule has 1 aliphatic heterocycles. The Morgan fingerprint density at radius 2 is 1.90 bits per heavy atom. The smallest absolute Gasteiger partial charge is 0.251 e. The summed E-state index contributed by atoms with van der Waals surface area (Å²) in [7, 11) is 3.09. The SMILES string of the molecule is COCC(O)CNC(=O)c1ccc(OC2CCN(C3CCCC3)CC2)c(OC)c1. The highest BCUT2D eigenvalue weighted by molar-refractivity contribution is 5.94. The van der Waals surface area contributed by atoms with Crippen molar-refractivity contribution in [3.63, 3.8) is 0 Å². The van der Waals surface area contributed by atoms with Gasteiger partial charge in [0.25, 0.3) is 5.91 Å². The van der Waals surface area contributed by atoms with E-state index in [4.69, 9.17) is 14.2 Å². The van der Waals surface area contributed by atoms with E-state index in [0.29, 0.717) is 17.1 Å². The molecule has 0 radical (unpaired) electrons. The van der Waals surface area contributed by atoms with Gasteiger partial charge in [-0.3, -0.25) is 4.79 Å². The van der Waals surface area contributed by atoms with Gasteiger partial charge in [0.15, 0.2) is 11.5 Å². The van der Waals surface area contributed by atoms with Crippen molar-refractivity contribution < 1.29 is 24.1 Å². The van der Waals surface area contributed by atoms with Crippen LogP contribution in [0.15, 0.2) is 18.2 Å². The first-order chi connectivity index (χ1) is 14.1. The average molecular weight is 407 g/mol. The lowest BCUT2D eigenvalue weighted by Gasteiger charge is -2.36. The summed E-state index contributed by atoms with van der Waals surface area (Å²) in [5, 5.41) is 12.4. The van der Waals surface area contributed by atoms with E-state index in [9.17, 15) is 9.90 Å². The fourth-order valence-electron chi connectivity index (χ4n) is 4.28. The zero-order valence-electron chi connectivity index (χ0n) is 17.6. The van der Waals surface area contributed by atoms with Gasteiger partial charge >= 0.3 is 0 Å². The van der Waals surface area contributed by atoms with Crippen LogP contribution < -0.4 is 14.8 Å². The summed E-state index contributed by atoms with van der Waals surface area (Å²) in [5.74, 6) is 0.950. The van der Waals surface area contributed by atoms with Gasteiger partial charge in [-0.25, -0.2) is 0 Å². The Hall–Kier alpha value is -1.83. The van der Waals surface area contributed by atoms with Crippen LogP contribution >= 0.6 is 0 Å². The van der Waals surface area contributed by atoms with Crippen molar-refractivity contribution in [1.82, 2.24) is 10.2 Å². The average Bonchev–Trinajstić information content (AvgIpc) is 3.28. The van der Waals surface area contributed by atoms with Gasteiger partial charge < -0.3 is 29.5 Å². The van der Waals surface area contributed by atoms with Crippen molar-refractivity contribution in [2.75, 3.05) is 40.5 Å². The zero-order chi connectivity index (χ0) is 20.6. The summed E-state index contributed by atoms with van der Waals surface area (Å²) in [6.07, 6.45) is 6.87. The number of hydrogen-bond acceptors (Lipinski definition) is 6. The number of ether oxygens (including phenoxy) is 3. The van der Waals surface area contributed by atoms with E-state index < -0.39 is 6.10 Å². The quantitative estimate of drug-likeness (QED) is 0.655. The lowest BCUT2D eigenvalue weighted by Crippen LogP contribution is -2.43. The highest BCUT2D eigenvalue weighted by Crippen LogP contribution is 2.32. The van der Waals surface area contributed by atoms with Crippen LogP contribution in [0.2, 0.25) is 0 Å². The van der Waals surface area contributed by atoms with Crippen molar-refractivity contribution in [1.29, 1.82) is 0 Å². The highest BCUT2D eigenvalue weighted by atomic mass is 16.5. The molecule has 29 heavy (non-hydrogen) atoms. The number of piperidine rings is 1. The topological polar surface area (TPSA) is 80.3 Å². The number of carbonyl (C=O) groups is 1. The molecule has 1 aromatic rings. The highest BCUT2D eigenvalue weighted by Gasteiger charge is 2.28. The molecule has 0 aromatic heterocycles. The fraction of sp³-hybridized carbons (Fsp3) is 0.682. The van der Waals surface area contributed by atoms with Crippen LogP contribution in [-0.4, -0.2) is 74.6 Å². The number of benzene rings is 1. The summed E-state index contributed by atoms with van der Waals surface area (Å²) in [6.45, 7) is 2.48. The van der Waals surface area contributed by atoms with Gasteiger partial charge in [0.1, 0.15) is 6.10 Å². The molecule has 1 aliphatic carbocycles. The maximum absolute atomic E-state index is 12.3. The van der Waals surface area contributed by atoms with Gasteiger partial charge in [-0.2, -0.15) is 0 Å². The third-order valence-electron chi connectivity index (χ3n) is 5.89. The number of methoxy groups -OCH3 is 2. The first-order valence-corrected chi connectivity index (χ1v) is 10.6. The van der Waals surface area contributed by atoms with Crippen LogP contribution in [0.3, 0.4) is 0 Å². The van der Waals surface area contributed by atoms with Crippen LogP contribution in [-0.2, 0) is 4.74 Å². The van der Waals surface area contributed by atoms with Crippen molar-refractivity contribution >= 4 is 5.91 Å². The fourth-order valence-corrected chi connectivity index (χ4v) is 4.28. The monoisotopic (exact) mass is 406 g/mol. The molecule has 1 atom stereocenters. The van der Waals surface area contributed by atoms with Crippen LogP contribution in [0.25, 0.3) is 0 Å². The Morgan fingerprint density at radius 1 is 1.17 bits per heavy atom. The van der Waals surface area contributed by atoms with Gasteiger partial charge in [0.05, 0.1) is 19.8 Å². The predicted molar refractivity (Wildman–Crippen MR) is 111 cm³/mol. The second kappa shape index (κ2) is 10.8. The van der Waals surface area contributed by atoms with Crippen molar-refractivity contribution in [2.24, 2.45) is 0 Å². The molecule has 1 heterocycles. The first-order valence-electron chi connectivity index (χ1n) is 10.6. The molecule has 2 fully saturated rings. The summed E-state index contributed by atoms with van der Waals surface area (Å²) >= 11 is 0. The Bertz CT molecular complexity index is 655. The molecule has 7 heteroatoms. The largest absolute Gasteiger partial charge is 0.493 e. The minimum atomic E-state index is -0.733. The van der Waals surface area contributed by atoms with Crippen molar-refractivity contribution in [3.8, 4) is 11.5 Å². The third-order valence-corrected chi connectivity index (χ3v) is 5.89. The van der Waals surface area contributed by atoms with Gasteiger partial charge in [-0.15, -0.1) is 0 Å². The maximum atomic E-state index is 12.3. The Kier molecular flexibility index (Phi) is 8.15. The number of carbonyl (C=O) groups excluding carboxylic acids is 1. The first kappa shape index (κ1) is 21.9. The van der Waals surface area contributed by atoms with Crippen LogP contribution in [0.4, 0.5) is 0 Å². The molecule has 3 rings (SSSR count). The van der Waals surface area contributed by atoms with E-state index in [2.05, 4.69) is 10.2 Å². The minimum absolute atomic E-state index is 0.132. The van der Waals surface area contributed by atoms with Crippen LogP contribution in [0, 0.1) is 0 Å². The van der Waals surface area contributed by atoms with E-state index in [1.165, 1.54) is 32.8 Å². The number of aliphatic hydroxyl groups is 1. The van der Waals surface area contributed by atoms with Crippen LogP contribution in [0.1, 0.15) is 48.9 Å². The molecule has 162 valence electrons. The summed E-state index contributed by atoms with van der Waals surface area (Å²) in [5.41, 5.74) is 0.467. The minimum Gasteiger partial charge on any atom is -0.493 e.